The van der Waals surface area contributed by atoms with Crippen molar-refractivity contribution in [3.63, 3.8) is 0 Å². The van der Waals surface area contributed by atoms with Gasteiger partial charge in [-0.15, -0.1) is 0 Å². The Balaban J connectivity index is 1.34. The van der Waals surface area contributed by atoms with Crippen LogP contribution in [0, 0.1) is 13.8 Å². The Bertz CT molecular complexity index is 1600. The minimum Gasteiger partial charge on any atom is -0.490 e. The van der Waals surface area contributed by atoms with Crippen molar-refractivity contribution in [2.24, 2.45) is 5.10 Å². The van der Waals surface area contributed by atoms with Gasteiger partial charge in [-0.3, -0.25) is 9.59 Å². The number of hydrogen-bond donors (Lipinski definition) is 2. The van der Waals surface area contributed by atoms with E-state index in [4.69, 9.17) is 37.4 Å². The van der Waals surface area contributed by atoms with E-state index in [1.165, 1.54) is 6.21 Å². The van der Waals surface area contributed by atoms with Crippen molar-refractivity contribution >= 4 is 46.9 Å². The van der Waals surface area contributed by atoms with Gasteiger partial charge in [-0.1, -0.05) is 71.2 Å². The highest BCUT2D eigenvalue weighted by atomic mass is 35.5. The second-order valence-electron chi connectivity index (χ2n) is 9.54. The molecule has 0 radical (unpaired) electrons. The highest BCUT2D eigenvalue weighted by molar-refractivity contribution is 6.37. The third-order valence-electron chi connectivity index (χ3n) is 6.15. The van der Waals surface area contributed by atoms with E-state index in [0.29, 0.717) is 41.5 Å². The van der Waals surface area contributed by atoms with Crippen LogP contribution in [-0.4, -0.2) is 31.2 Å². The van der Waals surface area contributed by atoms with Gasteiger partial charge >= 0.3 is 0 Å². The van der Waals surface area contributed by atoms with E-state index in [1.807, 2.05) is 69.3 Å². The van der Waals surface area contributed by atoms with E-state index in [0.717, 1.165) is 16.7 Å². The highest BCUT2D eigenvalue weighted by Gasteiger charge is 2.14. The van der Waals surface area contributed by atoms with Crippen molar-refractivity contribution in [2.75, 3.05) is 18.5 Å². The van der Waals surface area contributed by atoms with Gasteiger partial charge in [0.1, 0.15) is 6.61 Å². The first-order valence-corrected chi connectivity index (χ1v) is 14.2. The van der Waals surface area contributed by atoms with E-state index < -0.39 is 5.91 Å². The number of nitrogens with zero attached hydrogens (tertiary/aromatic N) is 1. The van der Waals surface area contributed by atoms with Crippen LogP contribution in [0.1, 0.15) is 39.5 Å². The van der Waals surface area contributed by atoms with Crippen LogP contribution in [0.3, 0.4) is 0 Å². The molecule has 4 rings (SSSR count). The van der Waals surface area contributed by atoms with Crippen molar-refractivity contribution in [1.82, 2.24) is 5.43 Å². The summed E-state index contributed by atoms with van der Waals surface area (Å²) < 4.78 is 17.2. The Morgan fingerprint density at radius 2 is 1.60 bits per heavy atom. The van der Waals surface area contributed by atoms with Gasteiger partial charge < -0.3 is 19.5 Å². The fourth-order valence-electron chi connectivity index (χ4n) is 4.07. The number of hydrogen-bond acceptors (Lipinski definition) is 6. The fourth-order valence-corrected chi connectivity index (χ4v) is 4.68. The lowest BCUT2D eigenvalue weighted by molar-refractivity contribution is -0.118. The second-order valence-corrected chi connectivity index (χ2v) is 10.4. The number of hydrazone groups is 1. The molecular formula is C33H31Cl2N3O5. The minimum atomic E-state index is -0.446. The van der Waals surface area contributed by atoms with Crippen LogP contribution in [0.15, 0.2) is 84.0 Å². The Morgan fingerprint density at radius 1 is 0.860 bits per heavy atom. The van der Waals surface area contributed by atoms with Gasteiger partial charge in [-0.25, -0.2) is 5.43 Å². The topological polar surface area (TPSA) is 98.3 Å². The van der Waals surface area contributed by atoms with Gasteiger partial charge in [-0.05, 0) is 73.9 Å². The zero-order valence-electron chi connectivity index (χ0n) is 23.9. The molecule has 0 saturated carbocycles. The summed E-state index contributed by atoms with van der Waals surface area (Å²) in [6.45, 7) is 6.24. The van der Waals surface area contributed by atoms with Crippen LogP contribution >= 0.6 is 23.2 Å². The minimum absolute atomic E-state index is 0.165. The molecule has 0 aliphatic rings. The van der Waals surface area contributed by atoms with E-state index in [2.05, 4.69) is 15.8 Å². The van der Waals surface area contributed by atoms with Crippen LogP contribution in [0.4, 0.5) is 5.69 Å². The molecule has 222 valence electrons. The lowest BCUT2D eigenvalue weighted by atomic mass is 10.1. The average Bonchev–Trinajstić information content (AvgIpc) is 2.98. The summed E-state index contributed by atoms with van der Waals surface area (Å²) in [6.07, 6.45) is 1.40. The molecule has 8 nitrogen and oxygen atoms in total. The molecule has 0 unspecified atom stereocenters. The lowest BCUT2D eigenvalue weighted by Gasteiger charge is -2.13. The number of rotatable bonds is 12. The zero-order valence-corrected chi connectivity index (χ0v) is 25.5. The molecular weight excluding hydrogens is 589 g/mol. The molecule has 0 aliphatic heterocycles. The monoisotopic (exact) mass is 619 g/mol. The molecule has 4 aromatic carbocycles. The quantitative estimate of drug-likeness (QED) is 0.127. The number of benzene rings is 4. The summed E-state index contributed by atoms with van der Waals surface area (Å²) in [4.78, 5) is 25.2. The van der Waals surface area contributed by atoms with Gasteiger partial charge in [0.15, 0.2) is 23.9 Å². The van der Waals surface area contributed by atoms with Crippen molar-refractivity contribution in [3.8, 4) is 17.2 Å². The molecule has 2 N–H and O–H groups in total. The molecule has 0 atom stereocenters. The number of anilines is 1. The van der Waals surface area contributed by atoms with E-state index >= 15 is 0 Å². The average molecular weight is 621 g/mol. The van der Waals surface area contributed by atoms with E-state index in [1.54, 1.807) is 30.3 Å². The summed E-state index contributed by atoms with van der Waals surface area (Å²) in [7, 11) is 0. The van der Waals surface area contributed by atoms with Crippen molar-refractivity contribution < 1.29 is 23.8 Å². The van der Waals surface area contributed by atoms with Gasteiger partial charge in [-0.2, -0.15) is 5.10 Å². The van der Waals surface area contributed by atoms with Crippen LogP contribution in [-0.2, 0) is 11.4 Å². The molecule has 10 heteroatoms. The van der Waals surface area contributed by atoms with E-state index in [9.17, 15) is 9.59 Å². The number of ether oxygens (including phenoxy) is 3. The maximum absolute atomic E-state index is 12.8. The maximum atomic E-state index is 12.8. The number of aryl methyl sites for hydroxylation is 2. The summed E-state index contributed by atoms with van der Waals surface area (Å²) in [6, 6.07) is 23.5. The zero-order chi connectivity index (χ0) is 30.8. The van der Waals surface area contributed by atoms with Crippen molar-refractivity contribution in [1.29, 1.82) is 0 Å². The molecule has 0 fully saturated rings. The fraction of sp³-hybridized carbons (Fsp3) is 0.182. The Hall–Kier alpha value is -4.53. The summed E-state index contributed by atoms with van der Waals surface area (Å²) in [5.74, 6) is 0.347. The van der Waals surface area contributed by atoms with Gasteiger partial charge in [0.05, 0.1) is 22.9 Å². The number of carbonyl (C=O) groups excluding carboxylic acids is 2. The molecule has 2 amide bonds. The first-order chi connectivity index (χ1) is 20.7. The molecule has 0 aromatic heterocycles. The number of amides is 2. The maximum Gasteiger partial charge on any atom is 0.271 e. The van der Waals surface area contributed by atoms with Gasteiger partial charge in [0.2, 0.25) is 0 Å². The number of halogens is 2. The largest absolute Gasteiger partial charge is 0.490 e. The molecule has 0 saturated heterocycles. The molecule has 43 heavy (non-hydrogen) atoms. The molecule has 0 spiro atoms. The molecule has 0 aliphatic carbocycles. The predicted molar refractivity (Wildman–Crippen MR) is 170 cm³/mol. The molecule has 0 heterocycles. The third-order valence-corrected chi connectivity index (χ3v) is 6.71. The first kappa shape index (κ1) is 31.4. The first-order valence-electron chi connectivity index (χ1n) is 13.5. The third kappa shape index (κ3) is 8.98. The predicted octanol–water partition coefficient (Wildman–Crippen LogP) is 7.37. The normalized spacial score (nSPS) is 10.8. The van der Waals surface area contributed by atoms with Crippen LogP contribution in [0.5, 0.6) is 17.2 Å². The van der Waals surface area contributed by atoms with Crippen molar-refractivity contribution in [3.05, 3.63) is 117 Å². The molecule has 0 bridgehead atoms. The second kappa shape index (κ2) is 15.1. The Labute approximate surface area is 260 Å². The number of nitrogens with one attached hydrogen (secondary N) is 2. The lowest BCUT2D eigenvalue weighted by Crippen LogP contribution is -2.21. The smallest absolute Gasteiger partial charge is 0.271 e. The highest BCUT2D eigenvalue weighted by Crippen LogP contribution is 2.34. The van der Waals surface area contributed by atoms with Crippen molar-refractivity contribution in [2.45, 2.75) is 27.4 Å². The van der Waals surface area contributed by atoms with Crippen LogP contribution < -0.4 is 25.0 Å². The summed E-state index contributed by atoms with van der Waals surface area (Å²) >= 11 is 12.7. The van der Waals surface area contributed by atoms with Gasteiger partial charge in [0.25, 0.3) is 11.8 Å². The Kier molecular flexibility index (Phi) is 11.0. The summed E-state index contributed by atoms with van der Waals surface area (Å²) in [5, 5.41) is 7.20. The van der Waals surface area contributed by atoms with E-state index in [-0.39, 0.29) is 28.3 Å². The van der Waals surface area contributed by atoms with Crippen LogP contribution in [0.2, 0.25) is 10.0 Å². The SMILES string of the molecule is CCOc1cc(C(=O)N/N=C/c2cc(Cl)c(OCC(=O)Nc3ccc(C)cc3C)c(Cl)c2)ccc1OCc1ccccc1. The standard InChI is InChI=1S/C33H31Cl2N3O5/c1-4-41-30-17-25(11-13-29(30)42-19-23-8-6-5-7-9-23)33(40)38-36-18-24-15-26(34)32(27(35)16-24)43-20-31(39)37-28-12-10-21(2)14-22(28)3/h5-18H,4,19-20H2,1-3H3,(H,37,39)(H,38,40)/b36-18+. The van der Waals surface area contributed by atoms with Gasteiger partial charge in [0, 0.05) is 11.3 Å². The molecule has 4 aromatic rings. The number of carbonyl (C=O) groups is 2. The van der Waals surface area contributed by atoms with Crippen LogP contribution in [0.25, 0.3) is 0 Å². The Morgan fingerprint density at radius 3 is 2.30 bits per heavy atom. The summed E-state index contributed by atoms with van der Waals surface area (Å²) in [5.41, 5.74) is 7.10.